The number of rotatable bonds is 9. The Balaban J connectivity index is 1.47. The minimum Gasteiger partial charge on any atom is -0.467 e. The van der Waals surface area contributed by atoms with Crippen molar-refractivity contribution in [1.29, 1.82) is 0 Å². The third-order valence-electron chi connectivity index (χ3n) is 7.65. The molecule has 1 aromatic heterocycles. The van der Waals surface area contributed by atoms with Gasteiger partial charge in [-0.2, -0.15) is 0 Å². The Morgan fingerprint density at radius 3 is 2.25 bits per heavy atom. The summed E-state index contributed by atoms with van der Waals surface area (Å²) in [4.78, 5) is 45.9. The van der Waals surface area contributed by atoms with Gasteiger partial charge in [0.25, 0.3) is 0 Å². The van der Waals surface area contributed by atoms with Crippen molar-refractivity contribution in [3.8, 4) is 0 Å². The zero-order chi connectivity index (χ0) is 22.8. The quantitative estimate of drug-likeness (QED) is 0.506. The fraction of sp³-hybridized carbons (Fsp3) is 0.750. The summed E-state index contributed by atoms with van der Waals surface area (Å²) in [6, 6.07) is -1.52. The molecule has 5 rings (SSSR count). The second-order valence-corrected chi connectivity index (χ2v) is 10.5. The van der Waals surface area contributed by atoms with Crippen LogP contribution in [0, 0.1) is 35.5 Å². The van der Waals surface area contributed by atoms with Crippen LogP contribution in [0.25, 0.3) is 0 Å². The SMILES string of the molecule is COC(=O)C(CC(C)C)NC(=O)C(Cc1cnc[nH]1)NC(=O)C1C2CC3CC(C2)CC1C3. The van der Waals surface area contributed by atoms with Crippen LogP contribution in [0.2, 0.25) is 0 Å². The first kappa shape index (κ1) is 22.8. The molecule has 0 radical (unpaired) electrons. The molecule has 4 bridgehead atoms. The molecule has 0 spiro atoms. The minimum absolute atomic E-state index is 0.00747. The maximum Gasteiger partial charge on any atom is 0.328 e. The third-order valence-corrected chi connectivity index (χ3v) is 7.65. The van der Waals surface area contributed by atoms with E-state index in [-0.39, 0.29) is 23.7 Å². The number of aromatic amines is 1. The van der Waals surface area contributed by atoms with E-state index in [2.05, 4.69) is 20.6 Å². The predicted molar refractivity (Wildman–Crippen MR) is 118 cm³/mol. The molecule has 2 amide bonds. The van der Waals surface area contributed by atoms with Crippen LogP contribution >= 0.6 is 0 Å². The number of hydrogen-bond acceptors (Lipinski definition) is 5. The van der Waals surface area contributed by atoms with Gasteiger partial charge in [-0.3, -0.25) is 9.59 Å². The molecule has 4 aliphatic rings. The first-order chi connectivity index (χ1) is 15.3. The summed E-state index contributed by atoms with van der Waals surface area (Å²) in [5, 5.41) is 5.87. The van der Waals surface area contributed by atoms with E-state index in [1.54, 1.807) is 12.5 Å². The second-order valence-electron chi connectivity index (χ2n) is 10.5. The molecular weight excluding hydrogens is 408 g/mol. The Morgan fingerprint density at radius 2 is 1.72 bits per heavy atom. The zero-order valence-corrected chi connectivity index (χ0v) is 19.3. The lowest BCUT2D eigenvalue weighted by molar-refractivity contribution is -0.146. The van der Waals surface area contributed by atoms with E-state index in [1.165, 1.54) is 13.5 Å². The average Bonchev–Trinajstić information content (AvgIpc) is 3.24. The fourth-order valence-corrected chi connectivity index (χ4v) is 6.55. The highest BCUT2D eigenvalue weighted by atomic mass is 16.5. The van der Waals surface area contributed by atoms with E-state index in [1.807, 2.05) is 13.8 Å². The summed E-state index contributed by atoms with van der Waals surface area (Å²) in [6.07, 6.45) is 9.86. The van der Waals surface area contributed by atoms with Gasteiger partial charge in [-0.05, 0) is 68.1 Å². The molecule has 1 aromatic rings. The number of nitrogens with one attached hydrogen (secondary N) is 3. The van der Waals surface area contributed by atoms with Gasteiger partial charge in [0.2, 0.25) is 11.8 Å². The van der Waals surface area contributed by atoms with Gasteiger partial charge < -0.3 is 20.4 Å². The number of imidazole rings is 1. The van der Waals surface area contributed by atoms with Crippen molar-refractivity contribution in [3.05, 3.63) is 18.2 Å². The summed E-state index contributed by atoms with van der Waals surface area (Å²) < 4.78 is 4.88. The number of carbonyl (C=O) groups is 3. The average molecular weight is 445 g/mol. The van der Waals surface area contributed by atoms with Gasteiger partial charge >= 0.3 is 5.97 Å². The number of H-pyrrole nitrogens is 1. The lowest BCUT2D eigenvalue weighted by Crippen LogP contribution is -2.57. The van der Waals surface area contributed by atoms with Crippen LogP contribution in [-0.2, 0) is 25.5 Å². The van der Waals surface area contributed by atoms with Crippen LogP contribution in [0.3, 0.4) is 0 Å². The van der Waals surface area contributed by atoms with E-state index in [0.717, 1.165) is 43.2 Å². The maximum atomic E-state index is 13.4. The van der Waals surface area contributed by atoms with E-state index < -0.39 is 18.1 Å². The van der Waals surface area contributed by atoms with Crippen molar-refractivity contribution < 1.29 is 19.1 Å². The first-order valence-corrected chi connectivity index (χ1v) is 12.0. The Labute approximate surface area is 189 Å². The van der Waals surface area contributed by atoms with Crippen LogP contribution in [0.5, 0.6) is 0 Å². The summed E-state index contributed by atoms with van der Waals surface area (Å²) in [6.45, 7) is 3.97. The number of amides is 2. The van der Waals surface area contributed by atoms with Crippen molar-refractivity contribution in [2.45, 2.75) is 70.9 Å². The lowest BCUT2D eigenvalue weighted by Gasteiger charge is -2.53. The second kappa shape index (κ2) is 9.63. The van der Waals surface area contributed by atoms with Crippen molar-refractivity contribution in [2.24, 2.45) is 35.5 Å². The Bertz CT molecular complexity index is 794. The molecule has 0 aromatic carbocycles. The Morgan fingerprint density at radius 1 is 1.06 bits per heavy atom. The van der Waals surface area contributed by atoms with Gasteiger partial charge in [0.05, 0.1) is 13.4 Å². The molecule has 8 nitrogen and oxygen atoms in total. The van der Waals surface area contributed by atoms with Crippen LogP contribution in [0.4, 0.5) is 0 Å². The van der Waals surface area contributed by atoms with E-state index in [0.29, 0.717) is 24.7 Å². The van der Waals surface area contributed by atoms with Gasteiger partial charge in [-0.1, -0.05) is 13.8 Å². The van der Waals surface area contributed by atoms with Crippen LogP contribution in [0.1, 0.15) is 58.1 Å². The van der Waals surface area contributed by atoms with Crippen LogP contribution < -0.4 is 10.6 Å². The largest absolute Gasteiger partial charge is 0.467 e. The molecule has 4 saturated carbocycles. The molecule has 32 heavy (non-hydrogen) atoms. The molecule has 4 aliphatic carbocycles. The standard InChI is InChI=1S/C24H36N4O4/c1-13(2)4-20(24(31)32-3)28-22(29)19(10-18-11-25-12-26-18)27-23(30)21-16-6-14-5-15(8-16)9-17(21)7-14/h11-17,19-21H,4-10H2,1-3H3,(H,25,26)(H,27,30)(H,28,29). The molecule has 2 atom stereocenters. The number of carbonyl (C=O) groups excluding carboxylic acids is 3. The molecule has 176 valence electrons. The topological polar surface area (TPSA) is 113 Å². The Hall–Kier alpha value is -2.38. The summed E-state index contributed by atoms with van der Waals surface area (Å²) in [5.41, 5.74) is 0.758. The number of ether oxygens (including phenoxy) is 1. The smallest absolute Gasteiger partial charge is 0.328 e. The minimum atomic E-state index is -0.778. The lowest BCUT2D eigenvalue weighted by atomic mass is 9.51. The van der Waals surface area contributed by atoms with Gasteiger partial charge in [0.1, 0.15) is 12.1 Å². The number of hydrogen-bond donors (Lipinski definition) is 3. The van der Waals surface area contributed by atoms with Crippen molar-refractivity contribution in [1.82, 2.24) is 20.6 Å². The number of methoxy groups -OCH3 is 1. The zero-order valence-electron chi connectivity index (χ0n) is 19.3. The van der Waals surface area contributed by atoms with Gasteiger partial charge in [0, 0.05) is 24.2 Å². The molecule has 0 aliphatic heterocycles. The highest BCUT2D eigenvalue weighted by molar-refractivity contribution is 5.91. The van der Waals surface area contributed by atoms with Crippen molar-refractivity contribution >= 4 is 17.8 Å². The number of aromatic nitrogens is 2. The van der Waals surface area contributed by atoms with E-state index in [9.17, 15) is 14.4 Å². The first-order valence-electron chi connectivity index (χ1n) is 12.0. The highest BCUT2D eigenvalue weighted by Gasteiger charge is 2.51. The number of nitrogens with zero attached hydrogens (tertiary/aromatic N) is 1. The monoisotopic (exact) mass is 444 g/mol. The van der Waals surface area contributed by atoms with Gasteiger partial charge in [-0.15, -0.1) is 0 Å². The number of esters is 1. The van der Waals surface area contributed by atoms with E-state index >= 15 is 0 Å². The molecule has 8 heteroatoms. The summed E-state index contributed by atoms with van der Waals surface area (Å²) >= 11 is 0. The molecule has 3 N–H and O–H groups in total. The summed E-state index contributed by atoms with van der Waals surface area (Å²) in [5.74, 6) is 1.77. The fourth-order valence-electron chi connectivity index (χ4n) is 6.55. The molecule has 2 unspecified atom stereocenters. The van der Waals surface area contributed by atoms with Crippen molar-refractivity contribution in [2.75, 3.05) is 7.11 Å². The van der Waals surface area contributed by atoms with Crippen LogP contribution in [-0.4, -0.2) is 46.9 Å². The maximum absolute atomic E-state index is 13.4. The third kappa shape index (κ3) is 4.99. The molecular formula is C24H36N4O4. The van der Waals surface area contributed by atoms with E-state index in [4.69, 9.17) is 4.74 Å². The Kier molecular flexibility index (Phi) is 6.86. The predicted octanol–water partition coefficient (Wildman–Crippen LogP) is 2.21. The normalized spacial score (nSPS) is 30.1. The molecule has 4 fully saturated rings. The summed E-state index contributed by atoms with van der Waals surface area (Å²) in [7, 11) is 1.32. The van der Waals surface area contributed by atoms with Crippen molar-refractivity contribution in [3.63, 3.8) is 0 Å². The molecule has 0 saturated heterocycles. The highest BCUT2D eigenvalue weighted by Crippen LogP contribution is 2.56. The van der Waals surface area contributed by atoms with Gasteiger partial charge in [0.15, 0.2) is 0 Å². The van der Waals surface area contributed by atoms with Crippen LogP contribution in [0.15, 0.2) is 12.5 Å². The molecule has 1 heterocycles. The van der Waals surface area contributed by atoms with Gasteiger partial charge in [-0.25, -0.2) is 9.78 Å².